The molecule has 96 valence electrons. The maximum atomic E-state index is 11.8. The molecule has 0 amide bonds. The highest BCUT2D eigenvalue weighted by molar-refractivity contribution is 4.70. The molecule has 0 heterocycles. The molecule has 0 radical (unpaired) electrons. The first-order chi connectivity index (χ1) is 7.49. The molecule has 0 aliphatic heterocycles. The van der Waals surface area contributed by atoms with Gasteiger partial charge in [-0.2, -0.15) is 13.2 Å². The predicted molar refractivity (Wildman–Crippen MR) is 58.4 cm³/mol. The van der Waals surface area contributed by atoms with Gasteiger partial charge in [0.25, 0.3) is 0 Å². The Morgan fingerprint density at radius 2 is 2.06 bits per heavy atom. The molecular weight excluding hydrogens is 219 g/mol. The quantitative estimate of drug-likeness (QED) is 0.493. The summed E-state index contributed by atoms with van der Waals surface area (Å²) in [5.41, 5.74) is 0. The fourth-order valence-corrected chi connectivity index (χ4v) is 1.36. The Bertz CT molecular complexity index is 183. The van der Waals surface area contributed by atoms with E-state index < -0.39 is 12.8 Å². The molecule has 0 saturated carbocycles. The van der Waals surface area contributed by atoms with Crippen molar-refractivity contribution < 1.29 is 17.9 Å². The monoisotopic (exact) mass is 239 g/mol. The van der Waals surface area contributed by atoms with Crippen molar-refractivity contribution in [1.29, 1.82) is 0 Å². The van der Waals surface area contributed by atoms with Gasteiger partial charge in [-0.05, 0) is 32.7 Å². The van der Waals surface area contributed by atoms with E-state index in [1.165, 1.54) is 0 Å². The molecule has 5 heteroatoms. The first-order valence-electron chi connectivity index (χ1n) is 5.42. The molecule has 1 N–H and O–H groups in total. The zero-order valence-corrected chi connectivity index (χ0v) is 9.65. The van der Waals surface area contributed by atoms with Crippen LogP contribution in [-0.2, 0) is 4.74 Å². The van der Waals surface area contributed by atoms with Crippen LogP contribution in [0, 0.1) is 0 Å². The van der Waals surface area contributed by atoms with Gasteiger partial charge in [-0.15, -0.1) is 6.58 Å². The second-order valence-electron chi connectivity index (χ2n) is 3.66. The van der Waals surface area contributed by atoms with E-state index >= 15 is 0 Å². The highest BCUT2D eigenvalue weighted by atomic mass is 19.4. The van der Waals surface area contributed by atoms with Crippen LogP contribution in [0.15, 0.2) is 12.7 Å². The van der Waals surface area contributed by atoms with Gasteiger partial charge in [0.2, 0.25) is 0 Å². The fourth-order valence-electron chi connectivity index (χ4n) is 1.36. The molecule has 0 aliphatic carbocycles. The molecule has 0 aliphatic rings. The first-order valence-corrected chi connectivity index (χ1v) is 5.42. The minimum Gasteiger partial charge on any atom is -0.372 e. The number of alkyl halides is 3. The smallest absolute Gasteiger partial charge is 0.372 e. The normalized spacial score (nSPS) is 13.8. The summed E-state index contributed by atoms with van der Waals surface area (Å²) >= 11 is 0. The number of rotatable bonds is 9. The zero-order valence-electron chi connectivity index (χ0n) is 9.65. The van der Waals surface area contributed by atoms with Crippen LogP contribution in [0.3, 0.4) is 0 Å². The molecule has 1 atom stereocenters. The van der Waals surface area contributed by atoms with Crippen LogP contribution >= 0.6 is 0 Å². The van der Waals surface area contributed by atoms with Gasteiger partial charge < -0.3 is 10.1 Å². The lowest BCUT2D eigenvalue weighted by molar-refractivity contribution is -0.174. The summed E-state index contributed by atoms with van der Waals surface area (Å²) in [7, 11) is 1.81. The van der Waals surface area contributed by atoms with Crippen molar-refractivity contribution in [3.05, 3.63) is 12.7 Å². The third-order valence-electron chi connectivity index (χ3n) is 2.25. The average molecular weight is 239 g/mol. The maximum Gasteiger partial charge on any atom is 0.411 e. The van der Waals surface area contributed by atoms with Gasteiger partial charge in [-0.1, -0.05) is 6.08 Å². The van der Waals surface area contributed by atoms with Crippen molar-refractivity contribution in [2.45, 2.75) is 37.9 Å². The number of nitrogens with one attached hydrogen (secondary N) is 1. The summed E-state index contributed by atoms with van der Waals surface area (Å²) in [5.74, 6) is 0. The van der Waals surface area contributed by atoms with Gasteiger partial charge in [0.1, 0.15) is 6.61 Å². The van der Waals surface area contributed by atoms with Crippen LogP contribution in [0.2, 0.25) is 0 Å². The molecule has 0 aromatic carbocycles. The molecule has 0 spiro atoms. The average Bonchev–Trinajstić information content (AvgIpc) is 2.20. The first kappa shape index (κ1) is 15.4. The van der Waals surface area contributed by atoms with Gasteiger partial charge in [0.15, 0.2) is 0 Å². The number of hydrogen-bond donors (Lipinski definition) is 1. The van der Waals surface area contributed by atoms with Crippen molar-refractivity contribution in [3.8, 4) is 0 Å². The lowest BCUT2D eigenvalue weighted by Gasteiger charge is -2.16. The standard InChI is InChI=1S/C11H20F3NO/c1-3-4-5-6-10(15-2)7-8-16-9-11(12,13)14/h3,10,15H,1,4-9H2,2H3. The molecule has 0 aromatic rings. The third-order valence-corrected chi connectivity index (χ3v) is 2.25. The SMILES string of the molecule is C=CCCCC(CCOCC(F)(F)F)NC. The molecule has 0 rings (SSSR count). The van der Waals surface area contributed by atoms with E-state index in [0.717, 1.165) is 19.3 Å². The minimum atomic E-state index is -4.22. The Morgan fingerprint density at radius 3 is 2.56 bits per heavy atom. The van der Waals surface area contributed by atoms with Crippen LogP contribution in [0.1, 0.15) is 25.7 Å². The summed E-state index contributed by atoms with van der Waals surface area (Å²) in [6.07, 6.45) is 1.07. The molecule has 1 unspecified atom stereocenters. The van der Waals surface area contributed by atoms with Gasteiger partial charge in [-0.3, -0.25) is 0 Å². The topological polar surface area (TPSA) is 21.3 Å². The number of halogens is 3. The highest BCUT2D eigenvalue weighted by Crippen LogP contribution is 2.14. The Kier molecular flexibility index (Phi) is 8.29. The number of allylic oxidation sites excluding steroid dienone is 1. The van der Waals surface area contributed by atoms with E-state index in [9.17, 15) is 13.2 Å². The Hall–Kier alpha value is -0.550. The van der Waals surface area contributed by atoms with Crippen LogP contribution in [0.4, 0.5) is 13.2 Å². The van der Waals surface area contributed by atoms with Crippen LogP contribution < -0.4 is 5.32 Å². The van der Waals surface area contributed by atoms with Crippen molar-refractivity contribution in [1.82, 2.24) is 5.32 Å². The van der Waals surface area contributed by atoms with E-state index in [2.05, 4.69) is 16.6 Å². The Morgan fingerprint density at radius 1 is 1.38 bits per heavy atom. The molecule has 16 heavy (non-hydrogen) atoms. The summed E-state index contributed by atoms with van der Waals surface area (Å²) in [5, 5.41) is 3.06. The van der Waals surface area contributed by atoms with Crippen LogP contribution in [0.25, 0.3) is 0 Å². The van der Waals surface area contributed by atoms with Crippen LogP contribution in [-0.4, -0.2) is 32.5 Å². The lowest BCUT2D eigenvalue weighted by atomic mass is 10.1. The van der Waals surface area contributed by atoms with Crippen molar-refractivity contribution in [3.63, 3.8) is 0 Å². The lowest BCUT2D eigenvalue weighted by Crippen LogP contribution is -2.27. The van der Waals surface area contributed by atoms with Crippen molar-refractivity contribution in [2.24, 2.45) is 0 Å². The van der Waals surface area contributed by atoms with Crippen LogP contribution in [0.5, 0.6) is 0 Å². The Labute approximate surface area is 94.9 Å². The minimum absolute atomic E-state index is 0.138. The number of ether oxygens (including phenoxy) is 1. The number of hydrogen-bond acceptors (Lipinski definition) is 2. The number of unbranched alkanes of at least 4 members (excludes halogenated alkanes) is 1. The summed E-state index contributed by atoms with van der Waals surface area (Å²) in [6.45, 7) is 2.60. The summed E-state index contributed by atoms with van der Waals surface area (Å²) < 4.78 is 39.8. The summed E-state index contributed by atoms with van der Waals surface area (Å²) in [4.78, 5) is 0. The van der Waals surface area contributed by atoms with E-state index in [0.29, 0.717) is 6.42 Å². The maximum absolute atomic E-state index is 11.8. The second-order valence-corrected chi connectivity index (χ2v) is 3.66. The highest BCUT2D eigenvalue weighted by Gasteiger charge is 2.27. The molecular formula is C11H20F3NO. The van der Waals surface area contributed by atoms with Gasteiger partial charge in [0.05, 0.1) is 0 Å². The van der Waals surface area contributed by atoms with Gasteiger partial charge in [-0.25, -0.2) is 0 Å². The van der Waals surface area contributed by atoms with E-state index in [-0.39, 0.29) is 12.6 Å². The van der Waals surface area contributed by atoms with E-state index in [1.807, 2.05) is 13.1 Å². The molecule has 2 nitrogen and oxygen atoms in total. The molecule has 0 fully saturated rings. The van der Waals surface area contributed by atoms with E-state index in [4.69, 9.17) is 0 Å². The van der Waals surface area contributed by atoms with Gasteiger partial charge >= 0.3 is 6.18 Å². The molecule has 0 aromatic heterocycles. The Balaban J connectivity index is 3.51. The second kappa shape index (κ2) is 8.58. The van der Waals surface area contributed by atoms with Crippen molar-refractivity contribution in [2.75, 3.05) is 20.3 Å². The third kappa shape index (κ3) is 9.98. The molecule has 0 saturated heterocycles. The van der Waals surface area contributed by atoms with E-state index in [1.54, 1.807) is 0 Å². The fraction of sp³-hybridized carbons (Fsp3) is 0.818. The zero-order chi connectivity index (χ0) is 12.4. The molecule has 0 bridgehead atoms. The largest absolute Gasteiger partial charge is 0.411 e. The van der Waals surface area contributed by atoms with Crippen molar-refractivity contribution >= 4 is 0 Å². The summed E-state index contributed by atoms with van der Waals surface area (Å²) in [6, 6.07) is 0.216. The predicted octanol–water partition coefficient (Wildman–Crippen LogP) is 2.90. The van der Waals surface area contributed by atoms with Gasteiger partial charge in [0, 0.05) is 12.6 Å².